The van der Waals surface area contributed by atoms with Crippen molar-refractivity contribution in [3.63, 3.8) is 0 Å². The van der Waals surface area contributed by atoms with E-state index in [2.05, 4.69) is 15.2 Å². The maximum Gasteiger partial charge on any atom is 0.196 e. The van der Waals surface area contributed by atoms with Gasteiger partial charge in [0.05, 0.1) is 18.6 Å². The number of halogens is 1. The number of carbonyl (C=O) groups is 1. The molecular formula is C23H19FN4O2S. The molecule has 6 nitrogen and oxygen atoms in total. The number of ether oxygens (including phenoxy) is 1. The molecule has 0 spiro atoms. The van der Waals surface area contributed by atoms with Crippen molar-refractivity contribution in [2.45, 2.75) is 11.6 Å². The minimum atomic E-state index is -0.320. The molecule has 2 aromatic carbocycles. The fourth-order valence-corrected chi connectivity index (χ4v) is 3.84. The topological polar surface area (TPSA) is 69.9 Å². The molecule has 4 rings (SSSR count). The van der Waals surface area contributed by atoms with E-state index in [4.69, 9.17) is 4.74 Å². The monoisotopic (exact) mass is 434 g/mol. The molecule has 0 amide bonds. The van der Waals surface area contributed by atoms with Crippen LogP contribution >= 0.6 is 11.8 Å². The van der Waals surface area contributed by atoms with Crippen LogP contribution < -0.4 is 4.74 Å². The maximum absolute atomic E-state index is 13.1. The number of carbonyl (C=O) groups excluding carboxylic acids is 1. The number of ketones is 1. The van der Waals surface area contributed by atoms with Crippen molar-refractivity contribution in [3.05, 3.63) is 84.3 Å². The van der Waals surface area contributed by atoms with Gasteiger partial charge in [-0.1, -0.05) is 36.0 Å². The number of nitrogens with zero attached hydrogens (tertiary/aromatic N) is 4. The Bertz CT molecular complexity index is 1180. The normalized spacial score (nSPS) is 10.8. The van der Waals surface area contributed by atoms with E-state index in [-0.39, 0.29) is 23.8 Å². The summed E-state index contributed by atoms with van der Waals surface area (Å²) < 4.78 is 20.3. The van der Waals surface area contributed by atoms with E-state index in [1.807, 2.05) is 47.0 Å². The molecule has 2 heterocycles. The number of Topliss-reactive ketones (excluding diaryl/α,β-unsaturated/α-hetero) is 1. The Balaban J connectivity index is 1.60. The number of benzene rings is 2. The lowest BCUT2D eigenvalue weighted by Gasteiger charge is -2.11. The Morgan fingerprint density at radius 1 is 1.06 bits per heavy atom. The second kappa shape index (κ2) is 9.53. The largest absolute Gasteiger partial charge is 0.497 e. The summed E-state index contributed by atoms with van der Waals surface area (Å²) in [5.41, 5.74) is 2.25. The molecule has 0 atom stereocenters. The highest BCUT2D eigenvalue weighted by atomic mass is 32.2. The third-order valence-corrected chi connectivity index (χ3v) is 5.50. The van der Waals surface area contributed by atoms with Gasteiger partial charge in [0.2, 0.25) is 0 Å². The molecule has 0 radical (unpaired) electrons. The maximum atomic E-state index is 13.1. The molecule has 0 unspecified atom stereocenters. The number of rotatable bonds is 8. The lowest BCUT2D eigenvalue weighted by atomic mass is 10.1. The first-order valence-electron chi connectivity index (χ1n) is 9.54. The first-order valence-corrected chi connectivity index (χ1v) is 10.5. The Morgan fingerprint density at radius 3 is 2.65 bits per heavy atom. The summed E-state index contributed by atoms with van der Waals surface area (Å²) in [5, 5.41) is 9.20. The predicted octanol–water partition coefficient (Wildman–Crippen LogP) is 4.38. The predicted molar refractivity (Wildman–Crippen MR) is 117 cm³/mol. The number of methoxy groups -OCH3 is 1. The first-order chi connectivity index (χ1) is 15.1. The summed E-state index contributed by atoms with van der Waals surface area (Å²) in [6.07, 6.45) is 1.92. The van der Waals surface area contributed by atoms with Gasteiger partial charge in [-0.15, -0.1) is 10.2 Å². The number of hydrogen-bond donors (Lipinski definition) is 0. The fraction of sp³-hybridized carbons (Fsp3) is 0.130. The molecule has 4 aromatic rings. The molecular weight excluding hydrogens is 415 g/mol. The summed E-state index contributed by atoms with van der Waals surface area (Å²) in [6.45, 7) is 0. The average Bonchev–Trinajstić information content (AvgIpc) is 3.24. The number of thioether (sulfide) groups is 1. The molecule has 0 saturated heterocycles. The van der Waals surface area contributed by atoms with Gasteiger partial charge < -0.3 is 4.74 Å². The van der Waals surface area contributed by atoms with Crippen LogP contribution in [0.2, 0.25) is 0 Å². The van der Waals surface area contributed by atoms with Gasteiger partial charge in [0.15, 0.2) is 11.0 Å². The first kappa shape index (κ1) is 20.7. The van der Waals surface area contributed by atoms with Gasteiger partial charge in [0.1, 0.15) is 23.0 Å². The van der Waals surface area contributed by atoms with Crippen LogP contribution in [0.15, 0.2) is 78.1 Å². The number of pyridine rings is 1. The van der Waals surface area contributed by atoms with E-state index in [0.717, 1.165) is 11.3 Å². The second-order valence-corrected chi connectivity index (χ2v) is 7.63. The highest BCUT2D eigenvalue weighted by Crippen LogP contribution is 2.28. The zero-order valence-electron chi connectivity index (χ0n) is 16.7. The van der Waals surface area contributed by atoms with Crippen LogP contribution in [0.3, 0.4) is 0 Å². The minimum Gasteiger partial charge on any atom is -0.497 e. The summed E-state index contributed by atoms with van der Waals surface area (Å²) in [5.74, 6) is 1.17. The van der Waals surface area contributed by atoms with Crippen molar-refractivity contribution >= 4 is 17.5 Å². The van der Waals surface area contributed by atoms with E-state index in [1.54, 1.807) is 25.4 Å². The summed E-state index contributed by atoms with van der Waals surface area (Å²) in [7, 11) is 1.61. The quantitative estimate of drug-likeness (QED) is 0.383. The van der Waals surface area contributed by atoms with Crippen LogP contribution in [0.25, 0.3) is 17.2 Å². The highest BCUT2D eigenvalue weighted by molar-refractivity contribution is 7.99. The van der Waals surface area contributed by atoms with E-state index in [1.165, 1.54) is 23.9 Å². The van der Waals surface area contributed by atoms with E-state index >= 15 is 0 Å². The zero-order valence-corrected chi connectivity index (χ0v) is 17.6. The third kappa shape index (κ3) is 4.97. The summed E-state index contributed by atoms with van der Waals surface area (Å²) in [4.78, 5) is 16.9. The molecule has 0 aliphatic rings. The molecule has 8 heteroatoms. The van der Waals surface area contributed by atoms with Gasteiger partial charge in [-0.25, -0.2) is 4.39 Å². The van der Waals surface area contributed by atoms with Gasteiger partial charge in [0, 0.05) is 18.7 Å². The molecule has 0 bridgehead atoms. The van der Waals surface area contributed by atoms with Crippen molar-refractivity contribution < 1.29 is 13.9 Å². The van der Waals surface area contributed by atoms with Crippen molar-refractivity contribution in [3.8, 4) is 23.0 Å². The Labute approximate surface area is 183 Å². The van der Waals surface area contributed by atoms with Crippen LogP contribution in [0, 0.1) is 5.82 Å². The van der Waals surface area contributed by atoms with Crippen molar-refractivity contribution in [2.75, 3.05) is 12.9 Å². The molecule has 31 heavy (non-hydrogen) atoms. The molecule has 156 valence electrons. The molecule has 2 aromatic heterocycles. The SMILES string of the molecule is COc1cccc(-n2c(SCC(=O)Cc3ccc(F)cc3)nnc2-c2ccccn2)c1. The van der Waals surface area contributed by atoms with Crippen molar-refractivity contribution in [2.24, 2.45) is 0 Å². The summed E-state index contributed by atoms with van der Waals surface area (Å²) in [6, 6.07) is 19.1. The number of aromatic nitrogens is 4. The Morgan fingerprint density at radius 2 is 1.90 bits per heavy atom. The Kier molecular flexibility index (Phi) is 6.37. The van der Waals surface area contributed by atoms with Crippen LogP contribution in [0.5, 0.6) is 5.75 Å². The number of hydrogen-bond acceptors (Lipinski definition) is 6. The molecule has 0 saturated carbocycles. The third-order valence-electron chi connectivity index (χ3n) is 4.52. The van der Waals surface area contributed by atoms with Crippen LogP contribution in [-0.4, -0.2) is 38.4 Å². The van der Waals surface area contributed by atoms with Gasteiger partial charge >= 0.3 is 0 Å². The molecule has 0 aliphatic heterocycles. The van der Waals surface area contributed by atoms with E-state index in [0.29, 0.717) is 22.4 Å². The Hall–Kier alpha value is -3.52. The van der Waals surface area contributed by atoms with Crippen LogP contribution in [0.1, 0.15) is 5.56 Å². The van der Waals surface area contributed by atoms with E-state index < -0.39 is 0 Å². The van der Waals surface area contributed by atoms with Crippen LogP contribution in [0.4, 0.5) is 4.39 Å². The molecule has 0 N–H and O–H groups in total. The molecule has 0 fully saturated rings. The van der Waals surface area contributed by atoms with Crippen LogP contribution in [-0.2, 0) is 11.2 Å². The van der Waals surface area contributed by atoms with Gasteiger partial charge in [-0.3, -0.25) is 14.3 Å². The lowest BCUT2D eigenvalue weighted by molar-refractivity contribution is -0.116. The van der Waals surface area contributed by atoms with E-state index in [9.17, 15) is 9.18 Å². The molecule has 0 aliphatic carbocycles. The van der Waals surface area contributed by atoms with Gasteiger partial charge in [-0.05, 0) is 42.0 Å². The highest BCUT2D eigenvalue weighted by Gasteiger charge is 2.18. The standard InChI is InChI=1S/C23H19FN4O2S/c1-30-20-6-4-5-18(14-20)28-22(21-7-2-3-12-25-21)26-27-23(28)31-15-19(29)13-16-8-10-17(24)11-9-16/h2-12,14H,13,15H2,1H3. The van der Waals surface area contributed by atoms with Crippen molar-refractivity contribution in [1.82, 2.24) is 19.7 Å². The second-order valence-electron chi connectivity index (χ2n) is 6.69. The lowest BCUT2D eigenvalue weighted by Crippen LogP contribution is -2.07. The van der Waals surface area contributed by atoms with Gasteiger partial charge in [-0.2, -0.15) is 0 Å². The van der Waals surface area contributed by atoms with Gasteiger partial charge in [0.25, 0.3) is 0 Å². The smallest absolute Gasteiger partial charge is 0.196 e. The fourth-order valence-electron chi connectivity index (χ4n) is 3.03. The average molecular weight is 434 g/mol. The summed E-state index contributed by atoms with van der Waals surface area (Å²) >= 11 is 1.30. The minimum absolute atomic E-state index is 0.0104. The van der Waals surface area contributed by atoms with Crippen molar-refractivity contribution in [1.29, 1.82) is 0 Å². The zero-order chi connectivity index (χ0) is 21.6.